The second kappa shape index (κ2) is 10.1. The first kappa shape index (κ1) is 23.7. The lowest BCUT2D eigenvalue weighted by molar-refractivity contribution is -0.131. The number of aliphatic hydroxyl groups excluding tert-OH is 1. The number of fused-ring (bicyclic) bond motifs is 1. The van der Waals surface area contributed by atoms with Crippen LogP contribution in [-0.2, 0) is 4.79 Å². The van der Waals surface area contributed by atoms with E-state index in [-0.39, 0.29) is 42.4 Å². The van der Waals surface area contributed by atoms with E-state index in [1.165, 1.54) is 0 Å². The van der Waals surface area contributed by atoms with Gasteiger partial charge in [-0.3, -0.25) is 9.59 Å². The zero-order chi connectivity index (χ0) is 23.4. The molecule has 1 aromatic carbocycles. The Kier molecular flexibility index (Phi) is 7.51. The van der Waals surface area contributed by atoms with Gasteiger partial charge in [0.1, 0.15) is 11.7 Å². The molecule has 1 aliphatic rings. The summed E-state index contributed by atoms with van der Waals surface area (Å²) in [4.78, 5) is 33.5. The number of benzene rings is 1. The number of ether oxygens (including phenoxy) is 1. The Morgan fingerprint density at radius 3 is 2.62 bits per heavy atom. The van der Waals surface area contributed by atoms with Crippen molar-refractivity contribution in [3.05, 3.63) is 47.7 Å². The van der Waals surface area contributed by atoms with Crippen LogP contribution in [0.2, 0.25) is 0 Å². The van der Waals surface area contributed by atoms with Gasteiger partial charge in [-0.05, 0) is 25.5 Å². The van der Waals surface area contributed by atoms with Gasteiger partial charge in [0.2, 0.25) is 11.8 Å². The number of aryl methyl sites for hydroxylation is 1. The third-order valence-corrected chi connectivity index (χ3v) is 6.09. The number of nitrogens with zero attached hydrogens (tertiary/aromatic N) is 3. The molecule has 0 radical (unpaired) electrons. The fourth-order valence-electron chi connectivity index (χ4n) is 3.87. The standard InChI is InChI=1S/C25H33N3O4/c1-6-23(30)27(5)14-22-17(3)13-28(18(4)15-29)25(31)21-11-20(12-26-24(21)32-22)19-9-7-16(2)8-10-19/h7-12,17-18,22,29H,6,13-15H2,1-5H3/t17-,18+,22+/m0/s1. The Hall–Kier alpha value is -2.93. The molecule has 2 amide bonds. The third kappa shape index (κ3) is 5.10. The van der Waals surface area contributed by atoms with Gasteiger partial charge in [-0.15, -0.1) is 0 Å². The third-order valence-electron chi connectivity index (χ3n) is 6.09. The summed E-state index contributed by atoms with van der Waals surface area (Å²) in [6.45, 7) is 8.33. The van der Waals surface area contributed by atoms with Crippen LogP contribution in [-0.4, -0.2) is 70.6 Å². The fraction of sp³-hybridized carbons (Fsp3) is 0.480. The number of amides is 2. The second-order valence-corrected chi connectivity index (χ2v) is 8.69. The molecule has 1 aliphatic heterocycles. The number of pyridine rings is 1. The van der Waals surface area contributed by atoms with Crippen molar-refractivity contribution in [2.45, 2.75) is 46.3 Å². The summed E-state index contributed by atoms with van der Waals surface area (Å²) in [5, 5.41) is 9.78. The number of hydrogen-bond donors (Lipinski definition) is 1. The molecule has 7 heteroatoms. The van der Waals surface area contributed by atoms with Crippen molar-refractivity contribution in [2.24, 2.45) is 5.92 Å². The van der Waals surface area contributed by atoms with Gasteiger partial charge in [-0.2, -0.15) is 0 Å². The van der Waals surface area contributed by atoms with Gasteiger partial charge in [0.25, 0.3) is 5.91 Å². The zero-order valence-corrected chi connectivity index (χ0v) is 19.5. The van der Waals surface area contributed by atoms with Crippen LogP contribution in [0.4, 0.5) is 0 Å². The van der Waals surface area contributed by atoms with Gasteiger partial charge in [0.15, 0.2) is 0 Å². The zero-order valence-electron chi connectivity index (χ0n) is 19.5. The molecule has 0 bridgehead atoms. The number of aromatic nitrogens is 1. The van der Waals surface area contributed by atoms with Gasteiger partial charge in [-0.1, -0.05) is 43.7 Å². The van der Waals surface area contributed by atoms with E-state index in [0.717, 1.165) is 16.7 Å². The molecule has 0 aliphatic carbocycles. The molecule has 1 aromatic heterocycles. The first-order chi connectivity index (χ1) is 15.2. The van der Waals surface area contributed by atoms with Crippen molar-refractivity contribution < 1.29 is 19.4 Å². The molecule has 0 unspecified atom stereocenters. The van der Waals surface area contributed by atoms with Gasteiger partial charge >= 0.3 is 0 Å². The van der Waals surface area contributed by atoms with Crippen LogP contribution in [0.3, 0.4) is 0 Å². The van der Waals surface area contributed by atoms with Crippen LogP contribution >= 0.6 is 0 Å². The van der Waals surface area contributed by atoms with E-state index >= 15 is 0 Å². The molecule has 3 rings (SSSR count). The highest BCUT2D eigenvalue weighted by molar-refractivity contribution is 5.98. The van der Waals surface area contributed by atoms with Gasteiger partial charge in [0.05, 0.1) is 19.2 Å². The van der Waals surface area contributed by atoms with Crippen molar-refractivity contribution in [1.29, 1.82) is 0 Å². The lowest BCUT2D eigenvalue weighted by Gasteiger charge is -2.37. The predicted molar refractivity (Wildman–Crippen MR) is 124 cm³/mol. The number of carbonyl (C=O) groups is 2. The Morgan fingerprint density at radius 2 is 2.00 bits per heavy atom. The Balaban J connectivity index is 2.03. The summed E-state index contributed by atoms with van der Waals surface area (Å²) >= 11 is 0. The van der Waals surface area contributed by atoms with Gasteiger partial charge < -0.3 is 19.6 Å². The van der Waals surface area contributed by atoms with Crippen molar-refractivity contribution in [1.82, 2.24) is 14.8 Å². The second-order valence-electron chi connectivity index (χ2n) is 8.69. The number of hydrogen-bond acceptors (Lipinski definition) is 5. The smallest absolute Gasteiger partial charge is 0.259 e. The van der Waals surface area contributed by atoms with E-state index in [1.54, 1.807) is 29.1 Å². The molecule has 0 saturated carbocycles. The minimum Gasteiger partial charge on any atom is -0.472 e. The van der Waals surface area contributed by atoms with Crippen molar-refractivity contribution in [2.75, 3.05) is 26.7 Å². The van der Waals surface area contributed by atoms with Crippen LogP contribution in [0.5, 0.6) is 5.88 Å². The highest BCUT2D eigenvalue weighted by atomic mass is 16.5. The van der Waals surface area contributed by atoms with Crippen LogP contribution in [0.15, 0.2) is 36.5 Å². The lowest BCUT2D eigenvalue weighted by Crippen LogP contribution is -2.50. The van der Waals surface area contributed by atoms with Crippen LogP contribution < -0.4 is 4.74 Å². The van der Waals surface area contributed by atoms with E-state index < -0.39 is 0 Å². The van der Waals surface area contributed by atoms with Crippen molar-refractivity contribution >= 4 is 11.8 Å². The Morgan fingerprint density at radius 1 is 1.31 bits per heavy atom. The molecule has 2 aromatic rings. The van der Waals surface area contributed by atoms with Crippen LogP contribution in [0.25, 0.3) is 11.1 Å². The minimum atomic E-state index is -0.352. The first-order valence-corrected chi connectivity index (χ1v) is 11.1. The fourth-order valence-corrected chi connectivity index (χ4v) is 3.87. The van der Waals surface area contributed by atoms with E-state index in [2.05, 4.69) is 4.98 Å². The van der Waals surface area contributed by atoms with E-state index in [9.17, 15) is 14.7 Å². The molecule has 0 fully saturated rings. The number of likely N-dealkylation sites (N-methyl/N-ethyl adjacent to an activating group) is 1. The Labute approximate surface area is 190 Å². The number of aliphatic hydroxyl groups is 1. The normalized spacial score (nSPS) is 19.4. The van der Waals surface area contributed by atoms with E-state index in [4.69, 9.17) is 4.74 Å². The number of rotatable bonds is 6. The lowest BCUT2D eigenvalue weighted by atomic mass is 9.99. The summed E-state index contributed by atoms with van der Waals surface area (Å²) in [5.74, 6) is 0.00963. The summed E-state index contributed by atoms with van der Waals surface area (Å²) < 4.78 is 6.24. The molecule has 0 spiro atoms. The van der Waals surface area contributed by atoms with E-state index in [1.807, 2.05) is 52.0 Å². The van der Waals surface area contributed by atoms with Crippen molar-refractivity contribution in [3.63, 3.8) is 0 Å². The topological polar surface area (TPSA) is 83.0 Å². The average Bonchev–Trinajstić information content (AvgIpc) is 2.80. The molecular formula is C25H33N3O4. The molecule has 1 N–H and O–H groups in total. The average molecular weight is 440 g/mol. The van der Waals surface area contributed by atoms with Gasteiger partial charge in [0, 0.05) is 37.7 Å². The minimum absolute atomic E-state index is 0.0300. The SMILES string of the molecule is CCC(=O)N(C)C[C@H]1Oc2ncc(-c3ccc(C)cc3)cc2C(=O)N([C@H](C)CO)C[C@@H]1C. The highest BCUT2D eigenvalue weighted by Gasteiger charge is 2.34. The summed E-state index contributed by atoms with van der Waals surface area (Å²) in [7, 11) is 1.76. The molecule has 172 valence electrons. The molecular weight excluding hydrogens is 406 g/mol. The maximum absolute atomic E-state index is 13.5. The summed E-state index contributed by atoms with van der Waals surface area (Å²) in [6.07, 6.45) is 1.78. The largest absolute Gasteiger partial charge is 0.472 e. The molecule has 2 heterocycles. The molecule has 32 heavy (non-hydrogen) atoms. The Bertz CT molecular complexity index is 960. The quantitative estimate of drug-likeness (QED) is 0.748. The summed E-state index contributed by atoms with van der Waals surface area (Å²) in [5.41, 5.74) is 3.30. The van der Waals surface area contributed by atoms with Crippen LogP contribution in [0.1, 0.15) is 43.1 Å². The highest BCUT2D eigenvalue weighted by Crippen LogP contribution is 2.30. The molecule has 3 atom stereocenters. The number of carbonyl (C=O) groups excluding carboxylic acids is 2. The molecule has 0 saturated heterocycles. The summed E-state index contributed by atoms with van der Waals surface area (Å²) in [6, 6.07) is 9.48. The van der Waals surface area contributed by atoms with Crippen LogP contribution in [0, 0.1) is 12.8 Å². The monoisotopic (exact) mass is 439 g/mol. The maximum Gasteiger partial charge on any atom is 0.259 e. The first-order valence-electron chi connectivity index (χ1n) is 11.1. The molecule has 7 nitrogen and oxygen atoms in total. The van der Waals surface area contributed by atoms with Gasteiger partial charge in [-0.25, -0.2) is 4.98 Å². The van der Waals surface area contributed by atoms with E-state index in [0.29, 0.717) is 25.1 Å². The maximum atomic E-state index is 13.5. The predicted octanol–water partition coefficient (Wildman–Crippen LogP) is 3.15. The van der Waals surface area contributed by atoms with Crippen molar-refractivity contribution in [3.8, 4) is 17.0 Å².